The van der Waals surface area contributed by atoms with E-state index in [1.54, 1.807) is 26.0 Å². The normalized spacial score (nSPS) is 16.9. The lowest BCUT2D eigenvalue weighted by Crippen LogP contribution is -2.57. The van der Waals surface area contributed by atoms with Crippen LogP contribution in [-0.4, -0.2) is 52.1 Å². The summed E-state index contributed by atoms with van der Waals surface area (Å²) >= 11 is 0. The van der Waals surface area contributed by atoms with Crippen molar-refractivity contribution in [2.24, 2.45) is 5.92 Å². The maximum Gasteiger partial charge on any atom is 0.258 e. The van der Waals surface area contributed by atoms with Gasteiger partial charge in [0.05, 0.1) is 11.7 Å². The van der Waals surface area contributed by atoms with Gasteiger partial charge in [0.25, 0.3) is 5.91 Å². The number of fused-ring (bicyclic) bond motifs is 1. The van der Waals surface area contributed by atoms with E-state index >= 15 is 0 Å². The molecule has 0 unspecified atom stereocenters. The van der Waals surface area contributed by atoms with Crippen molar-refractivity contribution < 1.29 is 14.3 Å². The SMILES string of the molecule is CC(C)(NC(=O)COc1ccccc1)C(=O)N1CCC[C@@H](Cc2cccc3[nH]ncc23)CC1. The van der Waals surface area contributed by atoms with Gasteiger partial charge in [-0.05, 0) is 69.2 Å². The Morgan fingerprint density at radius 1 is 1.12 bits per heavy atom. The van der Waals surface area contributed by atoms with Crippen molar-refractivity contribution >= 4 is 22.7 Å². The number of ether oxygens (including phenoxy) is 1. The monoisotopic (exact) mass is 448 g/mol. The number of nitrogens with zero attached hydrogens (tertiary/aromatic N) is 2. The molecule has 3 aromatic rings. The Morgan fingerprint density at radius 3 is 2.76 bits per heavy atom. The van der Waals surface area contributed by atoms with Crippen LogP contribution < -0.4 is 10.1 Å². The number of carbonyl (C=O) groups excluding carboxylic acids is 2. The minimum absolute atomic E-state index is 0.0480. The Hall–Kier alpha value is -3.35. The fraction of sp³-hybridized carbons (Fsp3) is 0.423. The van der Waals surface area contributed by atoms with Gasteiger partial charge in [0.15, 0.2) is 6.61 Å². The fourth-order valence-electron chi connectivity index (χ4n) is 4.59. The van der Waals surface area contributed by atoms with Crippen LogP contribution in [0.25, 0.3) is 10.9 Å². The highest BCUT2D eigenvalue weighted by molar-refractivity contribution is 5.91. The zero-order valence-electron chi connectivity index (χ0n) is 19.3. The van der Waals surface area contributed by atoms with Crippen molar-refractivity contribution in [2.75, 3.05) is 19.7 Å². The average Bonchev–Trinajstić information content (AvgIpc) is 3.18. The Kier molecular flexibility index (Phi) is 6.96. The van der Waals surface area contributed by atoms with E-state index in [1.807, 2.05) is 35.4 Å². The van der Waals surface area contributed by atoms with Gasteiger partial charge in [-0.3, -0.25) is 14.7 Å². The maximum absolute atomic E-state index is 13.2. The van der Waals surface area contributed by atoms with Gasteiger partial charge in [-0.2, -0.15) is 5.10 Å². The van der Waals surface area contributed by atoms with Crippen LogP contribution in [0.4, 0.5) is 0 Å². The molecule has 0 bridgehead atoms. The molecular formula is C26H32N4O3. The number of para-hydroxylation sites is 1. The van der Waals surface area contributed by atoms with Gasteiger partial charge in [-0.1, -0.05) is 30.3 Å². The van der Waals surface area contributed by atoms with E-state index in [0.29, 0.717) is 24.8 Å². The summed E-state index contributed by atoms with van der Waals surface area (Å²) in [4.78, 5) is 27.6. The average molecular weight is 449 g/mol. The smallest absolute Gasteiger partial charge is 0.258 e. The number of aromatic amines is 1. The molecule has 1 saturated heterocycles. The predicted octanol–water partition coefficient (Wildman–Crippen LogP) is 3.71. The van der Waals surface area contributed by atoms with Crippen LogP contribution in [0.3, 0.4) is 0 Å². The predicted molar refractivity (Wildman–Crippen MR) is 128 cm³/mol. The van der Waals surface area contributed by atoms with Gasteiger partial charge in [0, 0.05) is 18.5 Å². The number of H-pyrrole nitrogens is 1. The molecule has 7 nitrogen and oxygen atoms in total. The Balaban J connectivity index is 1.30. The zero-order chi connectivity index (χ0) is 23.3. The first kappa shape index (κ1) is 22.8. The highest BCUT2D eigenvalue weighted by atomic mass is 16.5. The van der Waals surface area contributed by atoms with Crippen LogP contribution in [0, 0.1) is 5.92 Å². The molecule has 1 aliphatic heterocycles. The number of rotatable bonds is 7. The molecule has 7 heteroatoms. The Bertz CT molecular complexity index is 1090. The summed E-state index contributed by atoms with van der Waals surface area (Å²) in [6.07, 6.45) is 5.86. The molecule has 174 valence electrons. The Morgan fingerprint density at radius 2 is 1.94 bits per heavy atom. The van der Waals surface area contributed by atoms with Crippen molar-refractivity contribution in [2.45, 2.75) is 45.1 Å². The molecule has 2 amide bonds. The van der Waals surface area contributed by atoms with E-state index in [4.69, 9.17) is 4.74 Å². The summed E-state index contributed by atoms with van der Waals surface area (Å²) in [6.45, 7) is 4.81. The van der Waals surface area contributed by atoms with Crippen molar-refractivity contribution in [3.63, 3.8) is 0 Å². The second kappa shape index (κ2) is 10.1. The van der Waals surface area contributed by atoms with Crippen LogP contribution in [0.1, 0.15) is 38.7 Å². The van der Waals surface area contributed by atoms with Crippen molar-refractivity contribution in [1.29, 1.82) is 0 Å². The van der Waals surface area contributed by atoms with E-state index < -0.39 is 5.54 Å². The van der Waals surface area contributed by atoms with Gasteiger partial charge in [0.2, 0.25) is 5.91 Å². The van der Waals surface area contributed by atoms with Crippen molar-refractivity contribution in [1.82, 2.24) is 20.4 Å². The molecule has 1 fully saturated rings. The molecule has 2 N–H and O–H groups in total. The molecule has 0 aliphatic carbocycles. The number of benzene rings is 2. The van der Waals surface area contributed by atoms with Crippen LogP contribution in [0.15, 0.2) is 54.7 Å². The highest BCUT2D eigenvalue weighted by Crippen LogP contribution is 2.26. The number of hydrogen-bond donors (Lipinski definition) is 2. The molecule has 2 aromatic carbocycles. The second-order valence-electron chi connectivity index (χ2n) is 9.32. The number of hydrogen-bond acceptors (Lipinski definition) is 4. The largest absolute Gasteiger partial charge is 0.484 e. The molecule has 0 saturated carbocycles. The maximum atomic E-state index is 13.2. The van der Waals surface area contributed by atoms with E-state index in [-0.39, 0.29) is 18.4 Å². The molecule has 4 rings (SSSR count). The summed E-state index contributed by atoms with van der Waals surface area (Å²) in [5.74, 6) is 0.785. The summed E-state index contributed by atoms with van der Waals surface area (Å²) in [5.41, 5.74) is 1.38. The first-order valence-electron chi connectivity index (χ1n) is 11.6. The van der Waals surface area contributed by atoms with E-state index in [2.05, 4.69) is 27.6 Å². The van der Waals surface area contributed by atoms with Gasteiger partial charge in [-0.15, -0.1) is 0 Å². The van der Waals surface area contributed by atoms with Crippen LogP contribution in [0.5, 0.6) is 5.75 Å². The lowest BCUT2D eigenvalue weighted by Gasteiger charge is -2.32. The van der Waals surface area contributed by atoms with Gasteiger partial charge < -0.3 is 15.0 Å². The number of likely N-dealkylation sites (tertiary alicyclic amines) is 1. The van der Waals surface area contributed by atoms with Gasteiger partial charge >= 0.3 is 0 Å². The lowest BCUT2D eigenvalue weighted by molar-refractivity contribution is -0.140. The first-order valence-corrected chi connectivity index (χ1v) is 11.6. The molecular weight excluding hydrogens is 416 g/mol. The topological polar surface area (TPSA) is 87.3 Å². The molecule has 1 aromatic heterocycles. The Labute approximate surface area is 194 Å². The first-order chi connectivity index (χ1) is 15.9. The summed E-state index contributed by atoms with van der Waals surface area (Å²) < 4.78 is 5.51. The molecule has 33 heavy (non-hydrogen) atoms. The van der Waals surface area contributed by atoms with Crippen LogP contribution >= 0.6 is 0 Å². The molecule has 2 heterocycles. The van der Waals surface area contributed by atoms with E-state index in [9.17, 15) is 9.59 Å². The molecule has 0 spiro atoms. The number of aromatic nitrogens is 2. The molecule has 0 radical (unpaired) electrons. The molecule has 1 atom stereocenters. The third kappa shape index (κ3) is 5.72. The second-order valence-corrected chi connectivity index (χ2v) is 9.32. The summed E-state index contributed by atoms with van der Waals surface area (Å²) in [7, 11) is 0. The third-order valence-electron chi connectivity index (χ3n) is 6.32. The van der Waals surface area contributed by atoms with Crippen molar-refractivity contribution in [3.05, 3.63) is 60.3 Å². The fourth-order valence-corrected chi connectivity index (χ4v) is 4.59. The quantitative estimate of drug-likeness (QED) is 0.577. The molecule has 1 aliphatic rings. The highest BCUT2D eigenvalue weighted by Gasteiger charge is 2.34. The third-order valence-corrected chi connectivity index (χ3v) is 6.32. The van der Waals surface area contributed by atoms with Crippen molar-refractivity contribution in [3.8, 4) is 5.75 Å². The minimum atomic E-state index is -0.987. The van der Waals surface area contributed by atoms with E-state index in [0.717, 1.165) is 31.2 Å². The van der Waals surface area contributed by atoms with Crippen LogP contribution in [0.2, 0.25) is 0 Å². The number of nitrogens with one attached hydrogen (secondary N) is 2. The van der Waals surface area contributed by atoms with Gasteiger partial charge in [0.1, 0.15) is 11.3 Å². The number of carbonyl (C=O) groups is 2. The van der Waals surface area contributed by atoms with E-state index in [1.165, 1.54) is 10.9 Å². The van der Waals surface area contributed by atoms with Gasteiger partial charge in [-0.25, -0.2) is 0 Å². The standard InChI is InChI=1S/C26H32N4O3/c1-26(2,28-24(31)18-33-21-10-4-3-5-11-21)25(32)30-14-7-8-19(13-15-30)16-20-9-6-12-23-22(20)17-27-29-23/h3-6,9-12,17,19H,7-8,13-16,18H2,1-2H3,(H,27,29)(H,28,31)/t19-/m1/s1. The zero-order valence-corrected chi connectivity index (χ0v) is 19.3. The lowest BCUT2D eigenvalue weighted by atomic mass is 9.91. The minimum Gasteiger partial charge on any atom is -0.484 e. The summed E-state index contributed by atoms with van der Waals surface area (Å²) in [6, 6.07) is 15.5. The van der Waals surface area contributed by atoms with Crippen LogP contribution in [-0.2, 0) is 16.0 Å². The number of amides is 2. The summed E-state index contributed by atoms with van der Waals surface area (Å²) in [5, 5.41) is 11.2.